The predicted molar refractivity (Wildman–Crippen MR) is 128 cm³/mol. The summed E-state index contributed by atoms with van der Waals surface area (Å²) >= 11 is 0. The molecule has 2 aromatic rings. The zero-order chi connectivity index (χ0) is 22.8. The summed E-state index contributed by atoms with van der Waals surface area (Å²) in [5.74, 6) is 0.967. The summed E-state index contributed by atoms with van der Waals surface area (Å²) in [5.41, 5.74) is 8.79. The number of nitrogens with one attached hydrogen (secondary N) is 3. The number of aromatic nitrogens is 2. The number of carbonyl (C=O) groups is 1. The zero-order valence-electron chi connectivity index (χ0n) is 18.9. The first kappa shape index (κ1) is 22.1. The maximum absolute atomic E-state index is 12.7. The normalized spacial score (nSPS) is 24.6. The van der Waals surface area contributed by atoms with Gasteiger partial charge in [0.2, 0.25) is 0 Å². The Hall–Kier alpha value is -2.75. The van der Waals surface area contributed by atoms with Gasteiger partial charge in [-0.1, -0.05) is 6.07 Å². The second-order valence-electron chi connectivity index (χ2n) is 9.46. The molecular weight excluding hydrogens is 418 g/mol. The van der Waals surface area contributed by atoms with Gasteiger partial charge >= 0.3 is 11.7 Å². The summed E-state index contributed by atoms with van der Waals surface area (Å²) in [6.45, 7) is 3.62. The van der Waals surface area contributed by atoms with E-state index in [4.69, 9.17) is 5.73 Å². The summed E-state index contributed by atoms with van der Waals surface area (Å²) in [5, 5.41) is 9.75. The highest BCUT2D eigenvalue weighted by atomic mass is 16.2. The number of piperazine rings is 1. The molecule has 9 heteroatoms. The maximum atomic E-state index is 12.7. The molecule has 1 aliphatic heterocycles. The highest BCUT2D eigenvalue weighted by Crippen LogP contribution is 2.29. The number of hydrogen-bond donors (Lipinski definition) is 4. The van der Waals surface area contributed by atoms with E-state index in [0.717, 1.165) is 44.6 Å². The molecular formula is C24H33N7O2. The van der Waals surface area contributed by atoms with E-state index >= 15 is 0 Å². The Kier molecular flexibility index (Phi) is 6.43. The van der Waals surface area contributed by atoms with Crippen LogP contribution in [0.25, 0.3) is 5.69 Å². The Morgan fingerprint density at radius 2 is 1.97 bits per heavy atom. The van der Waals surface area contributed by atoms with E-state index < -0.39 is 5.69 Å². The summed E-state index contributed by atoms with van der Waals surface area (Å²) in [4.78, 5) is 30.9. The van der Waals surface area contributed by atoms with Crippen molar-refractivity contribution in [3.05, 3.63) is 52.1 Å². The molecule has 1 aromatic heterocycles. The molecule has 5 N–H and O–H groups in total. The molecule has 2 heterocycles. The molecule has 1 saturated heterocycles. The fraction of sp³-hybridized carbons (Fsp3) is 0.542. The second-order valence-corrected chi connectivity index (χ2v) is 9.46. The lowest BCUT2D eigenvalue weighted by Gasteiger charge is -2.39. The average molecular weight is 452 g/mol. The monoisotopic (exact) mass is 451 g/mol. The van der Waals surface area contributed by atoms with Crippen molar-refractivity contribution in [2.24, 2.45) is 11.7 Å². The summed E-state index contributed by atoms with van der Waals surface area (Å²) in [6, 6.07) is 8.79. The second kappa shape index (κ2) is 9.62. The number of urea groups is 1. The Bertz CT molecular complexity index is 1060. The molecule has 1 aromatic carbocycles. The van der Waals surface area contributed by atoms with Gasteiger partial charge in [-0.25, -0.2) is 9.59 Å². The number of amides is 2. The molecule has 33 heavy (non-hydrogen) atoms. The number of anilines is 1. The zero-order valence-corrected chi connectivity index (χ0v) is 18.9. The molecule has 0 radical (unpaired) electrons. The van der Waals surface area contributed by atoms with E-state index in [2.05, 4.69) is 33.1 Å². The summed E-state index contributed by atoms with van der Waals surface area (Å²) < 4.78 is 1.53. The third kappa shape index (κ3) is 4.95. The van der Waals surface area contributed by atoms with Gasteiger partial charge in [0, 0.05) is 44.5 Å². The van der Waals surface area contributed by atoms with E-state index in [1.165, 1.54) is 28.5 Å². The number of carbonyl (C=O) groups excluding carboxylic acids is 1. The Morgan fingerprint density at radius 3 is 2.73 bits per heavy atom. The number of fused-ring (bicyclic) bond motifs is 1. The SMILES string of the molecule is NCC1CC(NC2CCc3cc(-n4ccc(NC(=O)N5CCNCC5)nc4=O)ccc3C2)C1. The van der Waals surface area contributed by atoms with Crippen molar-refractivity contribution in [2.75, 3.05) is 38.0 Å². The molecule has 1 unspecified atom stereocenters. The van der Waals surface area contributed by atoms with Gasteiger partial charge in [-0.15, -0.1) is 0 Å². The minimum absolute atomic E-state index is 0.224. The first-order valence-corrected chi connectivity index (χ1v) is 12.0. The van der Waals surface area contributed by atoms with Gasteiger partial charge in [-0.05, 0) is 73.9 Å². The fourth-order valence-electron chi connectivity index (χ4n) is 5.16. The molecule has 176 valence electrons. The fourth-order valence-corrected chi connectivity index (χ4v) is 5.16. The first-order valence-electron chi connectivity index (χ1n) is 12.0. The lowest BCUT2D eigenvalue weighted by atomic mass is 9.79. The number of hydrogen-bond acceptors (Lipinski definition) is 6. The van der Waals surface area contributed by atoms with Crippen LogP contribution in [0.5, 0.6) is 0 Å². The first-order chi connectivity index (χ1) is 16.1. The van der Waals surface area contributed by atoms with Crippen molar-refractivity contribution in [3.8, 4) is 5.69 Å². The average Bonchev–Trinajstić information content (AvgIpc) is 2.81. The molecule has 5 rings (SSSR count). The number of benzene rings is 1. The van der Waals surface area contributed by atoms with Crippen LogP contribution in [0.1, 0.15) is 30.4 Å². The number of rotatable bonds is 5. The van der Waals surface area contributed by atoms with Gasteiger partial charge in [-0.2, -0.15) is 4.98 Å². The topological polar surface area (TPSA) is 117 Å². The van der Waals surface area contributed by atoms with Crippen LogP contribution in [0.4, 0.5) is 10.6 Å². The number of nitrogens with zero attached hydrogens (tertiary/aromatic N) is 3. The van der Waals surface area contributed by atoms with Crippen molar-refractivity contribution >= 4 is 11.8 Å². The molecule has 0 bridgehead atoms. The Labute approximate surface area is 193 Å². The molecule has 2 amide bonds. The molecule has 3 aliphatic rings. The van der Waals surface area contributed by atoms with E-state index in [1.54, 1.807) is 17.2 Å². The largest absolute Gasteiger partial charge is 0.354 e. The number of nitrogens with two attached hydrogens (primary N) is 1. The van der Waals surface area contributed by atoms with Crippen LogP contribution in [0.15, 0.2) is 35.3 Å². The minimum Gasteiger partial charge on any atom is -0.330 e. The van der Waals surface area contributed by atoms with E-state index in [9.17, 15) is 9.59 Å². The highest BCUT2D eigenvalue weighted by Gasteiger charge is 2.30. The van der Waals surface area contributed by atoms with Crippen molar-refractivity contribution < 1.29 is 4.79 Å². The van der Waals surface area contributed by atoms with Crippen molar-refractivity contribution in [1.82, 2.24) is 25.1 Å². The predicted octanol–water partition coefficient (Wildman–Crippen LogP) is 0.854. The molecule has 0 spiro atoms. The third-order valence-corrected chi connectivity index (χ3v) is 7.18. The van der Waals surface area contributed by atoms with E-state index in [0.29, 0.717) is 31.1 Å². The maximum Gasteiger partial charge on any atom is 0.354 e. The van der Waals surface area contributed by atoms with Gasteiger partial charge < -0.3 is 21.3 Å². The van der Waals surface area contributed by atoms with Crippen LogP contribution in [0.3, 0.4) is 0 Å². The van der Waals surface area contributed by atoms with Gasteiger partial charge in [0.05, 0.1) is 5.69 Å². The van der Waals surface area contributed by atoms with Crippen LogP contribution in [0, 0.1) is 5.92 Å². The standard InChI is InChI=1S/C24H33N7O2/c25-15-16-11-20(12-16)27-19-3-1-18-14-21(4-2-17(18)13-19)31-8-5-22(29-24(31)33)28-23(32)30-9-6-26-7-10-30/h2,4-5,8,14,16,19-20,26-27H,1,3,6-7,9-13,15,25H2,(H,28,29,32,33). The molecule has 1 saturated carbocycles. The number of aryl methyl sites for hydroxylation is 1. The minimum atomic E-state index is -0.400. The highest BCUT2D eigenvalue weighted by molar-refractivity contribution is 5.88. The van der Waals surface area contributed by atoms with Crippen LogP contribution in [-0.2, 0) is 12.8 Å². The molecule has 9 nitrogen and oxygen atoms in total. The lowest BCUT2D eigenvalue weighted by molar-refractivity contribution is 0.203. The molecule has 2 aliphatic carbocycles. The quantitative estimate of drug-likeness (QED) is 0.536. The van der Waals surface area contributed by atoms with Crippen LogP contribution >= 0.6 is 0 Å². The third-order valence-electron chi connectivity index (χ3n) is 7.18. The van der Waals surface area contributed by atoms with Gasteiger partial charge in [-0.3, -0.25) is 9.88 Å². The van der Waals surface area contributed by atoms with Crippen molar-refractivity contribution in [2.45, 2.75) is 44.2 Å². The van der Waals surface area contributed by atoms with Crippen LogP contribution in [-0.4, -0.2) is 65.3 Å². The Morgan fingerprint density at radius 1 is 1.15 bits per heavy atom. The van der Waals surface area contributed by atoms with E-state index in [-0.39, 0.29) is 11.8 Å². The van der Waals surface area contributed by atoms with E-state index in [1.807, 2.05) is 6.07 Å². The lowest BCUT2D eigenvalue weighted by Crippen LogP contribution is -2.49. The smallest absolute Gasteiger partial charge is 0.330 e. The van der Waals surface area contributed by atoms with Crippen LogP contribution < -0.4 is 27.4 Å². The Balaban J connectivity index is 1.23. The molecule has 1 atom stereocenters. The van der Waals surface area contributed by atoms with Crippen LogP contribution in [0.2, 0.25) is 0 Å². The van der Waals surface area contributed by atoms with Gasteiger partial charge in [0.1, 0.15) is 5.82 Å². The summed E-state index contributed by atoms with van der Waals surface area (Å²) in [6.07, 6.45) is 7.19. The summed E-state index contributed by atoms with van der Waals surface area (Å²) in [7, 11) is 0. The molecule has 2 fully saturated rings. The van der Waals surface area contributed by atoms with Crippen molar-refractivity contribution in [1.29, 1.82) is 0 Å². The van der Waals surface area contributed by atoms with Gasteiger partial charge in [0.25, 0.3) is 0 Å². The van der Waals surface area contributed by atoms with Crippen molar-refractivity contribution in [3.63, 3.8) is 0 Å². The van der Waals surface area contributed by atoms with Gasteiger partial charge in [0.15, 0.2) is 0 Å².